The fourth-order valence-corrected chi connectivity index (χ4v) is 2.91. The number of aliphatic hydroxyl groups is 5. The van der Waals surface area contributed by atoms with Crippen LogP contribution in [-0.4, -0.2) is 100 Å². The Morgan fingerprint density at radius 2 is 1.62 bits per heavy atom. The van der Waals surface area contributed by atoms with Gasteiger partial charge in [0.15, 0.2) is 6.29 Å². The first-order valence-corrected chi connectivity index (χ1v) is 6.90. The van der Waals surface area contributed by atoms with Crippen LogP contribution in [0, 0.1) is 0 Å². The number of hydrogen-bond donors (Lipinski definition) is 5. The van der Waals surface area contributed by atoms with E-state index in [1.165, 1.54) is 0 Å². The van der Waals surface area contributed by atoms with Crippen molar-refractivity contribution in [3.05, 3.63) is 0 Å². The summed E-state index contributed by atoms with van der Waals surface area (Å²) in [5.74, 6) is 0. The van der Waals surface area contributed by atoms with E-state index in [1.54, 1.807) is 0 Å². The molecule has 0 bridgehead atoms. The maximum absolute atomic E-state index is 9.90. The zero-order chi connectivity index (χ0) is 15.1. The van der Waals surface area contributed by atoms with E-state index in [2.05, 4.69) is 0 Å². The van der Waals surface area contributed by atoms with Crippen LogP contribution in [0.1, 0.15) is 0 Å². The highest BCUT2D eigenvalue weighted by atomic mass is 16.7. The van der Waals surface area contributed by atoms with Gasteiger partial charge in [-0.15, -0.1) is 0 Å². The standard InChI is InChI=1S/C12H20O9/c13-1-5-7(15)8(16)9(17)12(20-5)21-6-3-19-10-4(14)2-18-11(6)10/h4-17H,1-3H2/t4-,5+,6+,7+,8-,9+,10+,11+,12-/m0/s1. The summed E-state index contributed by atoms with van der Waals surface area (Å²) in [4.78, 5) is 0. The monoisotopic (exact) mass is 308 g/mol. The smallest absolute Gasteiger partial charge is 0.187 e. The lowest BCUT2D eigenvalue weighted by Crippen LogP contribution is -2.60. The Morgan fingerprint density at radius 3 is 2.33 bits per heavy atom. The molecule has 0 aromatic heterocycles. The first-order chi connectivity index (χ1) is 10.0. The van der Waals surface area contributed by atoms with Crippen molar-refractivity contribution in [1.29, 1.82) is 0 Å². The largest absolute Gasteiger partial charge is 0.394 e. The van der Waals surface area contributed by atoms with Crippen LogP contribution in [-0.2, 0) is 18.9 Å². The number of fused-ring (bicyclic) bond motifs is 1. The zero-order valence-electron chi connectivity index (χ0n) is 11.2. The van der Waals surface area contributed by atoms with E-state index in [4.69, 9.17) is 24.1 Å². The summed E-state index contributed by atoms with van der Waals surface area (Å²) >= 11 is 0. The highest BCUT2D eigenvalue weighted by Gasteiger charge is 2.51. The highest BCUT2D eigenvalue weighted by Crippen LogP contribution is 2.31. The van der Waals surface area contributed by atoms with Crippen LogP contribution in [0.2, 0.25) is 0 Å². The van der Waals surface area contributed by atoms with E-state index < -0.39 is 61.7 Å². The van der Waals surface area contributed by atoms with Crippen molar-refractivity contribution in [3.8, 4) is 0 Å². The van der Waals surface area contributed by atoms with Crippen LogP contribution in [0.3, 0.4) is 0 Å². The Balaban J connectivity index is 1.64. The molecule has 0 amide bonds. The van der Waals surface area contributed by atoms with E-state index in [0.29, 0.717) is 0 Å². The lowest BCUT2D eigenvalue weighted by molar-refractivity contribution is -0.315. The molecule has 122 valence electrons. The van der Waals surface area contributed by atoms with Crippen molar-refractivity contribution >= 4 is 0 Å². The van der Waals surface area contributed by atoms with Crippen LogP contribution >= 0.6 is 0 Å². The van der Waals surface area contributed by atoms with Gasteiger partial charge in [-0.3, -0.25) is 0 Å². The summed E-state index contributed by atoms with van der Waals surface area (Å²) in [7, 11) is 0. The minimum Gasteiger partial charge on any atom is -0.394 e. The van der Waals surface area contributed by atoms with Crippen LogP contribution in [0.25, 0.3) is 0 Å². The third-order valence-electron chi connectivity index (χ3n) is 4.14. The van der Waals surface area contributed by atoms with E-state index >= 15 is 0 Å². The molecule has 3 saturated heterocycles. The fraction of sp³-hybridized carbons (Fsp3) is 1.00. The molecule has 3 heterocycles. The van der Waals surface area contributed by atoms with E-state index in [-0.39, 0.29) is 13.2 Å². The molecule has 3 aliphatic heterocycles. The molecular weight excluding hydrogens is 288 g/mol. The highest BCUT2D eigenvalue weighted by molar-refractivity contribution is 4.96. The molecule has 0 spiro atoms. The maximum atomic E-state index is 9.90. The summed E-state index contributed by atoms with van der Waals surface area (Å²) in [6.07, 6.45) is -8.90. The predicted octanol–water partition coefficient (Wildman–Crippen LogP) is -3.67. The predicted molar refractivity (Wildman–Crippen MR) is 64.1 cm³/mol. The molecule has 5 N–H and O–H groups in total. The normalized spacial score (nSPS) is 53.9. The quantitative estimate of drug-likeness (QED) is 0.357. The molecule has 3 fully saturated rings. The van der Waals surface area contributed by atoms with Gasteiger partial charge in [0, 0.05) is 0 Å². The van der Waals surface area contributed by atoms with Gasteiger partial charge in [-0.2, -0.15) is 0 Å². The van der Waals surface area contributed by atoms with Gasteiger partial charge in [0.1, 0.15) is 48.8 Å². The Bertz CT molecular complexity index is 365. The average molecular weight is 308 g/mol. The Kier molecular flexibility index (Phi) is 4.46. The van der Waals surface area contributed by atoms with Crippen LogP contribution in [0.4, 0.5) is 0 Å². The summed E-state index contributed by atoms with van der Waals surface area (Å²) in [6.45, 7) is -0.224. The van der Waals surface area contributed by atoms with E-state index in [1.807, 2.05) is 0 Å². The number of hydrogen-bond acceptors (Lipinski definition) is 9. The van der Waals surface area contributed by atoms with Gasteiger partial charge >= 0.3 is 0 Å². The maximum Gasteiger partial charge on any atom is 0.187 e. The number of ether oxygens (including phenoxy) is 4. The van der Waals surface area contributed by atoms with Crippen LogP contribution in [0.5, 0.6) is 0 Å². The molecule has 0 aromatic rings. The molecule has 0 unspecified atom stereocenters. The van der Waals surface area contributed by atoms with Gasteiger partial charge in [-0.05, 0) is 0 Å². The molecule has 9 nitrogen and oxygen atoms in total. The third kappa shape index (κ3) is 2.69. The lowest BCUT2D eigenvalue weighted by atomic mass is 9.99. The topological polar surface area (TPSA) is 138 Å². The Labute approximate surface area is 120 Å². The molecule has 9 atom stereocenters. The van der Waals surface area contributed by atoms with Crippen molar-refractivity contribution < 1.29 is 44.5 Å². The summed E-state index contributed by atoms with van der Waals surface area (Å²) in [5, 5.41) is 48.0. The van der Waals surface area contributed by atoms with Crippen molar-refractivity contribution in [2.75, 3.05) is 19.8 Å². The minimum atomic E-state index is -1.49. The van der Waals surface area contributed by atoms with Gasteiger partial charge in [-0.25, -0.2) is 0 Å². The first kappa shape index (κ1) is 15.5. The Hall–Kier alpha value is -0.360. The number of aliphatic hydroxyl groups excluding tert-OH is 5. The van der Waals surface area contributed by atoms with Crippen molar-refractivity contribution in [2.24, 2.45) is 0 Å². The van der Waals surface area contributed by atoms with Crippen molar-refractivity contribution in [3.63, 3.8) is 0 Å². The second-order valence-corrected chi connectivity index (χ2v) is 5.54. The average Bonchev–Trinajstić information content (AvgIpc) is 3.04. The molecule has 0 aliphatic carbocycles. The van der Waals surface area contributed by atoms with Crippen molar-refractivity contribution in [2.45, 2.75) is 55.1 Å². The molecule has 3 rings (SSSR count). The molecule has 21 heavy (non-hydrogen) atoms. The van der Waals surface area contributed by atoms with Gasteiger partial charge in [0.25, 0.3) is 0 Å². The second-order valence-electron chi connectivity index (χ2n) is 5.54. The summed E-state index contributed by atoms with van der Waals surface area (Å²) in [6, 6.07) is 0. The molecule has 3 aliphatic rings. The SMILES string of the molecule is OC[C@H]1O[C@@H](O[C@@H]2CO[C@H]3[C@@H]2OC[C@@H]3O)[C@H](O)[C@@H](O)[C@@H]1O. The summed E-state index contributed by atoms with van der Waals surface area (Å²) < 4.78 is 21.6. The van der Waals surface area contributed by atoms with Gasteiger partial charge < -0.3 is 44.5 Å². The molecule has 9 heteroatoms. The van der Waals surface area contributed by atoms with Crippen LogP contribution in [0.15, 0.2) is 0 Å². The van der Waals surface area contributed by atoms with E-state index in [9.17, 15) is 20.4 Å². The fourth-order valence-electron chi connectivity index (χ4n) is 2.91. The van der Waals surface area contributed by atoms with Crippen LogP contribution < -0.4 is 0 Å². The first-order valence-electron chi connectivity index (χ1n) is 6.90. The van der Waals surface area contributed by atoms with Gasteiger partial charge in [0.05, 0.1) is 19.8 Å². The van der Waals surface area contributed by atoms with Gasteiger partial charge in [0.2, 0.25) is 0 Å². The Morgan fingerprint density at radius 1 is 0.905 bits per heavy atom. The molecule has 0 aromatic carbocycles. The zero-order valence-corrected chi connectivity index (χ0v) is 11.2. The van der Waals surface area contributed by atoms with E-state index in [0.717, 1.165) is 0 Å². The van der Waals surface area contributed by atoms with Crippen molar-refractivity contribution in [1.82, 2.24) is 0 Å². The second kappa shape index (κ2) is 6.03. The minimum absolute atomic E-state index is 0.143. The summed E-state index contributed by atoms with van der Waals surface area (Å²) in [5.41, 5.74) is 0. The number of rotatable bonds is 3. The molecule has 0 saturated carbocycles. The molecular formula is C12H20O9. The van der Waals surface area contributed by atoms with Gasteiger partial charge in [-0.1, -0.05) is 0 Å². The molecule has 0 radical (unpaired) electrons. The third-order valence-corrected chi connectivity index (χ3v) is 4.14. The lowest BCUT2D eigenvalue weighted by Gasteiger charge is -2.40.